The van der Waals surface area contributed by atoms with Crippen LogP contribution in [-0.2, 0) is 10.0 Å². The van der Waals surface area contributed by atoms with E-state index in [1.807, 2.05) is 0 Å². The zero-order chi connectivity index (χ0) is 15.5. The molecular weight excluding hydrogens is 333 g/mol. The van der Waals surface area contributed by atoms with Gasteiger partial charge in [-0.25, -0.2) is 8.42 Å². The number of halogens is 2. The van der Waals surface area contributed by atoms with Crippen LogP contribution in [0.25, 0.3) is 0 Å². The van der Waals surface area contributed by atoms with Crippen LogP contribution in [0.5, 0.6) is 0 Å². The largest absolute Gasteiger partial charge is 0.300 e. The Hall–Kier alpha value is -0.840. The summed E-state index contributed by atoms with van der Waals surface area (Å²) in [7, 11) is -3.69. The zero-order valence-electron chi connectivity index (χ0n) is 11.3. The molecule has 1 aliphatic rings. The molecule has 5 nitrogen and oxygen atoms in total. The average molecular weight is 348 g/mol. The summed E-state index contributed by atoms with van der Waals surface area (Å²) >= 11 is 12.0. The van der Waals surface area contributed by atoms with Crippen LogP contribution in [0.15, 0.2) is 23.1 Å². The highest BCUT2D eigenvalue weighted by Crippen LogP contribution is 2.31. The number of sulfonamides is 1. The summed E-state index contributed by atoms with van der Waals surface area (Å²) in [5, 5.41) is 8.84. The Morgan fingerprint density at radius 2 is 1.71 bits per heavy atom. The molecule has 0 radical (unpaired) electrons. The molecule has 0 aromatic heterocycles. The van der Waals surface area contributed by atoms with Gasteiger partial charge in [-0.05, 0) is 12.1 Å². The second-order valence-corrected chi connectivity index (χ2v) is 7.39. The quantitative estimate of drug-likeness (QED) is 0.837. The van der Waals surface area contributed by atoms with Gasteiger partial charge in [0.15, 0.2) is 0 Å². The minimum atomic E-state index is -3.69. The summed E-state index contributed by atoms with van der Waals surface area (Å²) in [6, 6.07) is 6.74. The molecule has 0 saturated carbocycles. The van der Waals surface area contributed by atoms with Crippen LogP contribution in [-0.4, -0.2) is 50.3 Å². The van der Waals surface area contributed by atoms with Crippen molar-refractivity contribution in [3.63, 3.8) is 0 Å². The van der Waals surface area contributed by atoms with Gasteiger partial charge in [-0.2, -0.15) is 9.57 Å². The Kier molecular flexibility index (Phi) is 5.47. The van der Waals surface area contributed by atoms with E-state index in [-0.39, 0.29) is 14.9 Å². The number of piperazine rings is 1. The van der Waals surface area contributed by atoms with Crippen LogP contribution < -0.4 is 0 Å². The third-order valence-corrected chi connectivity index (χ3v) is 6.24. The Morgan fingerprint density at radius 1 is 1.14 bits per heavy atom. The lowest BCUT2D eigenvalue weighted by Gasteiger charge is -2.33. The van der Waals surface area contributed by atoms with Crippen molar-refractivity contribution in [2.75, 3.05) is 32.7 Å². The number of hydrogen-bond acceptors (Lipinski definition) is 4. The van der Waals surface area contributed by atoms with Crippen LogP contribution in [0.3, 0.4) is 0 Å². The van der Waals surface area contributed by atoms with Gasteiger partial charge in [0.25, 0.3) is 0 Å². The Bertz CT molecular complexity index is 630. The van der Waals surface area contributed by atoms with Crippen LogP contribution in [0.1, 0.15) is 6.42 Å². The van der Waals surface area contributed by atoms with E-state index in [1.165, 1.54) is 16.4 Å². The maximum Gasteiger partial charge on any atom is 0.246 e. The first-order chi connectivity index (χ1) is 9.96. The fourth-order valence-electron chi connectivity index (χ4n) is 2.26. The van der Waals surface area contributed by atoms with E-state index in [2.05, 4.69) is 11.0 Å². The van der Waals surface area contributed by atoms with Gasteiger partial charge in [0.1, 0.15) is 4.90 Å². The Balaban J connectivity index is 2.14. The van der Waals surface area contributed by atoms with Crippen LogP contribution >= 0.6 is 23.2 Å². The smallest absolute Gasteiger partial charge is 0.246 e. The molecule has 1 heterocycles. The van der Waals surface area contributed by atoms with Crippen LogP contribution in [0.2, 0.25) is 10.0 Å². The highest BCUT2D eigenvalue weighted by atomic mass is 35.5. The molecule has 0 atom stereocenters. The Labute approximate surface area is 134 Å². The lowest BCUT2D eigenvalue weighted by molar-refractivity contribution is 0.191. The topological polar surface area (TPSA) is 64.4 Å². The second kappa shape index (κ2) is 6.95. The lowest BCUT2D eigenvalue weighted by atomic mass is 10.3. The summed E-state index contributed by atoms with van der Waals surface area (Å²) in [6.07, 6.45) is 0.448. The highest BCUT2D eigenvalue weighted by Gasteiger charge is 2.31. The van der Waals surface area contributed by atoms with Crippen molar-refractivity contribution in [2.24, 2.45) is 0 Å². The van der Waals surface area contributed by atoms with Gasteiger partial charge in [0.05, 0.1) is 16.1 Å². The van der Waals surface area contributed by atoms with Gasteiger partial charge in [-0.1, -0.05) is 29.3 Å². The molecule has 114 valence electrons. The minimum absolute atomic E-state index is 0.0289. The molecule has 0 N–H and O–H groups in total. The molecule has 0 amide bonds. The van der Waals surface area contributed by atoms with Crippen molar-refractivity contribution in [2.45, 2.75) is 11.3 Å². The Morgan fingerprint density at radius 3 is 2.24 bits per heavy atom. The van der Waals surface area contributed by atoms with E-state index >= 15 is 0 Å². The number of nitriles is 1. The van der Waals surface area contributed by atoms with Crippen LogP contribution in [0.4, 0.5) is 0 Å². The maximum atomic E-state index is 12.6. The van der Waals surface area contributed by atoms with E-state index in [1.54, 1.807) is 6.07 Å². The van der Waals surface area contributed by atoms with E-state index in [4.69, 9.17) is 28.5 Å². The predicted molar refractivity (Wildman–Crippen MR) is 81.9 cm³/mol. The van der Waals surface area contributed by atoms with E-state index < -0.39 is 10.0 Å². The molecular formula is C13H15Cl2N3O2S. The van der Waals surface area contributed by atoms with E-state index in [0.717, 1.165) is 0 Å². The van der Waals surface area contributed by atoms with Crippen molar-refractivity contribution >= 4 is 33.2 Å². The summed E-state index contributed by atoms with van der Waals surface area (Å²) < 4.78 is 26.7. The third kappa shape index (κ3) is 3.68. The maximum absolute atomic E-state index is 12.6. The average Bonchev–Trinajstić information content (AvgIpc) is 2.45. The molecule has 1 saturated heterocycles. The van der Waals surface area contributed by atoms with Crippen molar-refractivity contribution in [3.8, 4) is 6.07 Å². The fraction of sp³-hybridized carbons (Fsp3) is 0.462. The van der Waals surface area contributed by atoms with Crippen LogP contribution in [0, 0.1) is 11.3 Å². The summed E-state index contributed by atoms with van der Waals surface area (Å²) in [4.78, 5) is 2.04. The molecule has 1 fully saturated rings. The van der Waals surface area contributed by atoms with Gasteiger partial charge in [0.2, 0.25) is 10.0 Å². The molecule has 1 aliphatic heterocycles. The van der Waals surface area contributed by atoms with E-state index in [9.17, 15) is 8.42 Å². The summed E-state index contributed by atoms with van der Waals surface area (Å²) in [5.74, 6) is 0. The molecule has 2 rings (SSSR count). The first kappa shape index (κ1) is 16.5. The van der Waals surface area contributed by atoms with Gasteiger partial charge in [-0.15, -0.1) is 0 Å². The van der Waals surface area contributed by atoms with E-state index in [0.29, 0.717) is 39.1 Å². The van der Waals surface area contributed by atoms with Crippen molar-refractivity contribution in [1.82, 2.24) is 9.21 Å². The van der Waals surface area contributed by atoms with Crippen molar-refractivity contribution in [3.05, 3.63) is 28.2 Å². The molecule has 0 spiro atoms. The standard InChI is InChI=1S/C13H15Cl2N3O2S/c14-11-3-1-4-12(15)13(11)21(19,20)18-9-7-17(8-10-18)6-2-5-16/h1,3-4H,2,6-10H2. The number of nitrogens with zero attached hydrogens (tertiary/aromatic N) is 3. The minimum Gasteiger partial charge on any atom is -0.300 e. The molecule has 1 aromatic rings. The number of rotatable bonds is 4. The number of benzene rings is 1. The first-order valence-corrected chi connectivity index (χ1v) is 8.70. The third-order valence-electron chi connectivity index (χ3n) is 3.39. The number of hydrogen-bond donors (Lipinski definition) is 0. The lowest BCUT2D eigenvalue weighted by Crippen LogP contribution is -2.48. The summed E-state index contributed by atoms with van der Waals surface area (Å²) in [6.45, 7) is 2.60. The molecule has 21 heavy (non-hydrogen) atoms. The van der Waals surface area contributed by atoms with Gasteiger partial charge < -0.3 is 0 Å². The molecule has 0 unspecified atom stereocenters. The van der Waals surface area contributed by atoms with Gasteiger partial charge >= 0.3 is 0 Å². The monoisotopic (exact) mass is 347 g/mol. The van der Waals surface area contributed by atoms with Gasteiger partial charge in [0, 0.05) is 39.1 Å². The molecule has 1 aromatic carbocycles. The zero-order valence-corrected chi connectivity index (χ0v) is 13.6. The van der Waals surface area contributed by atoms with Crippen molar-refractivity contribution in [1.29, 1.82) is 5.26 Å². The van der Waals surface area contributed by atoms with Gasteiger partial charge in [-0.3, -0.25) is 4.90 Å². The molecule has 0 aliphatic carbocycles. The molecule has 0 bridgehead atoms. The fourth-order valence-corrected chi connectivity index (χ4v) is 4.77. The SMILES string of the molecule is N#CCCN1CCN(S(=O)(=O)c2c(Cl)cccc2Cl)CC1. The first-order valence-electron chi connectivity index (χ1n) is 6.50. The highest BCUT2D eigenvalue weighted by molar-refractivity contribution is 7.89. The second-order valence-electron chi connectivity index (χ2n) is 4.70. The molecule has 8 heteroatoms. The van der Waals surface area contributed by atoms with Crippen molar-refractivity contribution < 1.29 is 8.42 Å². The summed E-state index contributed by atoms with van der Waals surface area (Å²) in [5.41, 5.74) is 0. The predicted octanol–water partition coefficient (Wildman–Crippen LogP) is 2.21. The normalized spacial score (nSPS) is 17.6.